The third kappa shape index (κ3) is 7.43. The van der Waals surface area contributed by atoms with Gasteiger partial charge in [-0.25, -0.2) is 9.97 Å². The van der Waals surface area contributed by atoms with Crippen molar-refractivity contribution in [2.24, 2.45) is 11.7 Å². The minimum absolute atomic E-state index is 0.0758. The number of amides is 1. The van der Waals surface area contributed by atoms with Gasteiger partial charge in [0, 0.05) is 31.2 Å². The standard InChI is InChI=1S/C26H36ClN5O2/c1-4-22(28)7-10-29-25(33)24-18(2)14-23(15-19(24)3)34-13-5-6-20-8-11-32(12-9-20)26-30-16-21(27)17-31-26/h4,14-17,20,22H,1,5-13,28H2,2-3H3,(H,29,33)/t22-/m0/s1. The number of hydrogen-bond donors (Lipinski definition) is 2. The van der Waals surface area contributed by atoms with Gasteiger partial charge in [0.25, 0.3) is 5.91 Å². The zero-order chi connectivity index (χ0) is 24.5. The number of halogens is 1. The van der Waals surface area contributed by atoms with E-state index in [0.29, 0.717) is 36.1 Å². The zero-order valence-electron chi connectivity index (χ0n) is 20.2. The van der Waals surface area contributed by atoms with Crippen LogP contribution in [-0.4, -0.2) is 48.2 Å². The van der Waals surface area contributed by atoms with Crippen LogP contribution in [0.25, 0.3) is 0 Å². The van der Waals surface area contributed by atoms with Gasteiger partial charge >= 0.3 is 0 Å². The lowest BCUT2D eigenvalue weighted by Gasteiger charge is -2.32. The third-order valence-electron chi connectivity index (χ3n) is 6.33. The Morgan fingerprint density at radius 3 is 2.56 bits per heavy atom. The minimum atomic E-state index is -0.108. The van der Waals surface area contributed by atoms with Crippen molar-refractivity contribution < 1.29 is 9.53 Å². The molecule has 0 unspecified atom stereocenters. The maximum absolute atomic E-state index is 12.6. The molecule has 1 aromatic heterocycles. The van der Waals surface area contributed by atoms with Crippen LogP contribution in [0.2, 0.25) is 5.02 Å². The van der Waals surface area contributed by atoms with E-state index in [1.165, 1.54) is 0 Å². The first-order valence-corrected chi connectivity index (χ1v) is 12.4. The Morgan fingerprint density at radius 1 is 1.29 bits per heavy atom. The summed E-state index contributed by atoms with van der Waals surface area (Å²) in [5.74, 6) is 2.19. The Kier molecular flexibility index (Phi) is 9.72. The molecule has 3 rings (SSSR count). The molecule has 2 aromatic rings. The molecule has 0 radical (unpaired) electrons. The number of nitrogens with zero attached hydrogens (tertiary/aromatic N) is 3. The van der Waals surface area contributed by atoms with Crippen LogP contribution in [0.15, 0.2) is 37.2 Å². The van der Waals surface area contributed by atoms with Crippen molar-refractivity contribution in [1.82, 2.24) is 15.3 Å². The van der Waals surface area contributed by atoms with Crippen molar-refractivity contribution in [3.63, 3.8) is 0 Å². The largest absolute Gasteiger partial charge is 0.494 e. The highest BCUT2D eigenvalue weighted by atomic mass is 35.5. The van der Waals surface area contributed by atoms with Crippen LogP contribution in [0.1, 0.15) is 53.6 Å². The number of benzene rings is 1. The van der Waals surface area contributed by atoms with Crippen molar-refractivity contribution in [1.29, 1.82) is 0 Å². The summed E-state index contributed by atoms with van der Waals surface area (Å²) in [5.41, 5.74) is 8.35. The van der Waals surface area contributed by atoms with Gasteiger partial charge in [-0.3, -0.25) is 4.79 Å². The molecule has 3 N–H and O–H groups in total. The lowest BCUT2D eigenvalue weighted by Crippen LogP contribution is -2.34. The number of carbonyl (C=O) groups is 1. The molecule has 1 aliphatic heterocycles. The third-order valence-corrected chi connectivity index (χ3v) is 6.52. The number of aromatic nitrogens is 2. The van der Waals surface area contributed by atoms with Crippen LogP contribution < -0.4 is 20.7 Å². The van der Waals surface area contributed by atoms with Crippen LogP contribution in [0, 0.1) is 19.8 Å². The second-order valence-corrected chi connectivity index (χ2v) is 9.44. The summed E-state index contributed by atoms with van der Waals surface area (Å²) in [6, 6.07) is 3.78. The number of nitrogens with one attached hydrogen (secondary N) is 1. The molecule has 1 atom stereocenters. The van der Waals surface area contributed by atoms with Crippen LogP contribution in [0.3, 0.4) is 0 Å². The van der Waals surface area contributed by atoms with E-state index in [1.54, 1.807) is 18.5 Å². The number of piperidine rings is 1. The van der Waals surface area contributed by atoms with Gasteiger partial charge < -0.3 is 20.7 Å². The number of carbonyl (C=O) groups excluding carboxylic acids is 1. The Balaban J connectivity index is 1.40. The number of rotatable bonds is 11. The minimum Gasteiger partial charge on any atom is -0.494 e. The molecule has 1 saturated heterocycles. The topological polar surface area (TPSA) is 93.4 Å². The molecule has 34 heavy (non-hydrogen) atoms. The average Bonchev–Trinajstić information content (AvgIpc) is 2.82. The van der Waals surface area contributed by atoms with E-state index in [0.717, 1.165) is 61.6 Å². The first-order chi connectivity index (χ1) is 16.4. The Morgan fingerprint density at radius 2 is 1.94 bits per heavy atom. The molecule has 0 saturated carbocycles. The van der Waals surface area contributed by atoms with E-state index >= 15 is 0 Å². The van der Waals surface area contributed by atoms with E-state index in [1.807, 2.05) is 26.0 Å². The number of hydrogen-bond acceptors (Lipinski definition) is 6. The Bertz CT molecular complexity index is 935. The van der Waals surface area contributed by atoms with Gasteiger partial charge in [0.1, 0.15) is 5.75 Å². The first-order valence-electron chi connectivity index (χ1n) is 12.0. The second-order valence-electron chi connectivity index (χ2n) is 9.00. The molecule has 1 aliphatic rings. The Labute approximate surface area is 207 Å². The van der Waals surface area contributed by atoms with Crippen molar-refractivity contribution in [3.8, 4) is 5.75 Å². The fraction of sp³-hybridized carbons (Fsp3) is 0.500. The molecule has 7 nitrogen and oxygen atoms in total. The van der Waals surface area contributed by atoms with Gasteiger partial charge in [0.15, 0.2) is 0 Å². The number of ether oxygens (including phenoxy) is 1. The van der Waals surface area contributed by atoms with Crippen LogP contribution in [0.4, 0.5) is 5.95 Å². The molecule has 0 aliphatic carbocycles. The Hall–Kier alpha value is -2.64. The quantitative estimate of drug-likeness (QED) is 0.360. The van der Waals surface area contributed by atoms with Gasteiger partial charge in [-0.15, -0.1) is 6.58 Å². The van der Waals surface area contributed by atoms with Crippen molar-refractivity contribution in [2.75, 3.05) is 31.1 Å². The fourth-order valence-electron chi connectivity index (χ4n) is 4.38. The van der Waals surface area contributed by atoms with Gasteiger partial charge in [0.2, 0.25) is 5.95 Å². The lowest BCUT2D eigenvalue weighted by atomic mass is 9.92. The summed E-state index contributed by atoms with van der Waals surface area (Å²) in [4.78, 5) is 23.5. The molecule has 1 amide bonds. The molecule has 2 heterocycles. The van der Waals surface area contributed by atoms with Crippen LogP contribution in [-0.2, 0) is 0 Å². The molecule has 1 aromatic carbocycles. The number of nitrogens with two attached hydrogens (primary N) is 1. The highest BCUT2D eigenvalue weighted by Gasteiger charge is 2.21. The molecule has 184 valence electrons. The van der Waals surface area contributed by atoms with Crippen molar-refractivity contribution in [3.05, 3.63) is 58.9 Å². The molecule has 8 heteroatoms. The predicted octanol–water partition coefficient (Wildman–Crippen LogP) is 4.46. The molecule has 0 bridgehead atoms. The van der Waals surface area contributed by atoms with Crippen LogP contribution in [0.5, 0.6) is 5.75 Å². The van der Waals surface area contributed by atoms with E-state index < -0.39 is 0 Å². The average molecular weight is 486 g/mol. The molecular formula is C26H36ClN5O2. The summed E-state index contributed by atoms with van der Waals surface area (Å²) in [6.45, 7) is 10.7. The highest BCUT2D eigenvalue weighted by molar-refractivity contribution is 6.30. The van der Waals surface area contributed by atoms with E-state index in [-0.39, 0.29) is 11.9 Å². The number of anilines is 1. The lowest BCUT2D eigenvalue weighted by molar-refractivity contribution is 0.0951. The maximum atomic E-state index is 12.6. The SMILES string of the molecule is C=C[C@H](N)CCNC(=O)c1c(C)cc(OCCCC2CCN(c3ncc(Cl)cn3)CC2)cc1C. The molecule has 0 spiro atoms. The van der Waals surface area contributed by atoms with E-state index in [4.69, 9.17) is 22.1 Å². The smallest absolute Gasteiger partial charge is 0.251 e. The van der Waals surface area contributed by atoms with Crippen molar-refractivity contribution >= 4 is 23.5 Å². The zero-order valence-corrected chi connectivity index (χ0v) is 21.0. The summed E-state index contributed by atoms with van der Waals surface area (Å²) >= 11 is 5.88. The summed E-state index contributed by atoms with van der Waals surface area (Å²) < 4.78 is 6.02. The predicted molar refractivity (Wildman–Crippen MR) is 138 cm³/mol. The monoisotopic (exact) mass is 485 g/mol. The fourth-order valence-corrected chi connectivity index (χ4v) is 4.47. The van der Waals surface area contributed by atoms with Crippen molar-refractivity contribution in [2.45, 2.75) is 52.0 Å². The molecule has 1 fully saturated rings. The van der Waals surface area contributed by atoms with Gasteiger partial charge in [-0.2, -0.15) is 0 Å². The first kappa shape index (κ1) is 26.0. The summed E-state index contributed by atoms with van der Waals surface area (Å²) in [7, 11) is 0. The second kappa shape index (κ2) is 12.7. The van der Waals surface area contributed by atoms with E-state index in [2.05, 4.69) is 26.8 Å². The molecular weight excluding hydrogens is 450 g/mol. The number of aryl methyl sites for hydroxylation is 2. The van der Waals surface area contributed by atoms with Gasteiger partial charge in [0.05, 0.1) is 24.0 Å². The normalized spacial score (nSPS) is 15.1. The van der Waals surface area contributed by atoms with Gasteiger partial charge in [-0.05, 0) is 75.1 Å². The summed E-state index contributed by atoms with van der Waals surface area (Å²) in [5, 5.41) is 3.51. The van der Waals surface area contributed by atoms with E-state index in [9.17, 15) is 4.79 Å². The maximum Gasteiger partial charge on any atom is 0.251 e. The highest BCUT2D eigenvalue weighted by Crippen LogP contribution is 2.26. The summed E-state index contributed by atoms with van der Waals surface area (Å²) in [6.07, 6.45) is 10.1. The van der Waals surface area contributed by atoms with Crippen LogP contribution >= 0.6 is 11.6 Å². The van der Waals surface area contributed by atoms with Gasteiger partial charge in [-0.1, -0.05) is 17.7 Å².